The fourth-order valence-corrected chi connectivity index (χ4v) is 8.15. The van der Waals surface area contributed by atoms with E-state index in [0.29, 0.717) is 35.4 Å². The number of nitrogens with one attached hydrogen (secondary N) is 3. The Bertz CT molecular complexity index is 3120. The summed E-state index contributed by atoms with van der Waals surface area (Å²) in [5.74, 6) is -0.356. The van der Waals surface area contributed by atoms with E-state index in [-0.39, 0.29) is 58.2 Å². The molecule has 0 spiro atoms. The summed E-state index contributed by atoms with van der Waals surface area (Å²) >= 11 is 0. The SMILES string of the molecule is CS(=O)(=O)NCCN(C1=C(/C=C/C=C(\C#N)C(=C(C#N)C#N)c2ccc(NS(C)(=O)=O)cc2)CC\C1=C/C=C/C(C#N)=C(/c1ccc(NS(C)(=O)=O)cc1)[C-](C#N)C#N)c1ccccc1. The Morgan fingerprint density at radius 2 is 1.26 bits per heavy atom. The lowest BCUT2D eigenvalue weighted by molar-refractivity contribution is 0.587. The molecular formula is C46H39N10O6S3-. The van der Waals surface area contributed by atoms with Crippen LogP contribution in [0, 0.1) is 73.9 Å². The molecule has 1 aliphatic rings. The molecule has 3 aromatic carbocycles. The zero-order valence-corrected chi connectivity index (χ0v) is 37.6. The van der Waals surface area contributed by atoms with Crippen LogP contribution in [0.5, 0.6) is 0 Å². The molecule has 0 heterocycles. The second kappa shape index (κ2) is 22.3. The Hall–Kier alpha value is -8.14. The molecular weight excluding hydrogens is 885 g/mol. The first-order valence-electron chi connectivity index (χ1n) is 19.0. The molecule has 16 nitrogen and oxygen atoms in total. The average molecular weight is 924 g/mol. The number of hydrogen-bond acceptors (Lipinski definition) is 13. The van der Waals surface area contributed by atoms with Crippen LogP contribution in [0.15, 0.2) is 149 Å². The highest BCUT2D eigenvalue weighted by Crippen LogP contribution is 2.38. The maximum Gasteiger partial charge on any atom is 0.229 e. The molecule has 0 aromatic heterocycles. The van der Waals surface area contributed by atoms with Gasteiger partial charge in [-0.3, -0.25) is 9.44 Å². The summed E-state index contributed by atoms with van der Waals surface area (Å²) in [7, 11) is -10.8. The first-order chi connectivity index (χ1) is 30.8. The molecule has 3 N–H and O–H groups in total. The van der Waals surface area contributed by atoms with E-state index in [0.717, 1.165) is 29.9 Å². The minimum atomic E-state index is -3.60. The van der Waals surface area contributed by atoms with Crippen LogP contribution in [0.25, 0.3) is 11.1 Å². The number of rotatable bonds is 18. The largest absolute Gasteiger partial charge is 0.340 e. The smallest absolute Gasteiger partial charge is 0.229 e. The lowest BCUT2D eigenvalue weighted by Gasteiger charge is -2.28. The van der Waals surface area contributed by atoms with E-state index in [9.17, 15) is 56.8 Å². The molecule has 3 aromatic rings. The number of nitriles is 6. The van der Waals surface area contributed by atoms with Gasteiger partial charge in [0.15, 0.2) is 0 Å². The standard InChI is InChI=1S/C46H39N10O6S3/c1-63(57,58)53-25-26-56(43-13-5-4-6-14-43)46-35(9-7-11-37(27-47)44(39(29-49)30-50)33-17-21-41(22-18-33)54-64(2,59)60)15-16-36(46)10-8-12-38(28-48)45(40(31-51)32-52)34-19-23-42(24-20-34)55-65(3,61)62/h4-14,17-24,53-55H,15-16,25-26H2,1-3H3/q-1/b9-7+,12-8+,36-10+,37-11+,45-38+. The van der Waals surface area contributed by atoms with Crippen molar-refractivity contribution in [2.24, 2.45) is 0 Å². The van der Waals surface area contributed by atoms with Crippen LogP contribution >= 0.6 is 0 Å². The molecule has 0 aliphatic heterocycles. The molecule has 328 valence electrons. The Morgan fingerprint density at radius 3 is 1.75 bits per heavy atom. The minimum absolute atomic E-state index is 0.0116. The summed E-state index contributed by atoms with van der Waals surface area (Å²) in [6, 6.07) is 32.2. The van der Waals surface area contributed by atoms with Crippen molar-refractivity contribution in [3.8, 4) is 36.4 Å². The predicted molar refractivity (Wildman–Crippen MR) is 248 cm³/mol. The van der Waals surface area contributed by atoms with Crippen molar-refractivity contribution in [1.29, 1.82) is 31.6 Å². The van der Waals surface area contributed by atoms with Crippen LogP contribution in [0.4, 0.5) is 17.1 Å². The number of hydrogen-bond donors (Lipinski definition) is 3. The number of benzene rings is 3. The summed E-state index contributed by atoms with van der Waals surface area (Å²) in [6.07, 6.45) is 13.4. The third-order valence-electron chi connectivity index (χ3n) is 9.11. The summed E-state index contributed by atoms with van der Waals surface area (Å²) in [5.41, 5.74) is 3.52. The van der Waals surface area contributed by atoms with Crippen LogP contribution in [-0.4, -0.2) is 57.1 Å². The number of para-hydroxylation sites is 1. The summed E-state index contributed by atoms with van der Waals surface area (Å²) < 4.78 is 78.5. The number of allylic oxidation sites excluding steroid dienone is 13. The molecule has 0 bridgehead atoms. The van der Waals surface area contributed by atoms with Crippen molar-refractivity contribution in [2.75, 3.05) is 46.2 Å². The van der Waals surface area contributed by atoms with E-state index in [1.807, 2.05) is 59.5 Å². The van der Waals surface area contributed by atoms with Gasteiger partial charge in [0.05, 0.1) is 30.4 Å². The van der Waals surface area contributed by atoms with Gasteiger partial charge in [-0.2, -0.15) is 15.8 Å². The molecule has 0 atom stereocenters. The molecule has 0 amide bonds. The van der Waals surface area contributed by atoms with Gasteiger partial charge in [0.1, 0.15) is 17.7 Å². The third kappa shape index (κ3) is 14.5. The Kier molecular flexibility index (Phi) is 17.0. The highest BCUT2D eigenvalue weighted by molar-refractivity contribution is 7.92. The minimum Gasteiger partial charge on any atom is -0.340 e. The topological polar surface area (TPSA) is 284 Å². The summed E-state index contributed by atoms with van der Waals surface area (Å²) in [5, 5.41) is 60.0. The zero-order valence-electron chi connectivity index (χ0n) is 35.1. The van der Waals surface area contributed by atoms with Gasteiger partial charge in [0.2, 0.25) is 30.1 Å². The van der Waals surface area contributed by atoms with Gasteiger partial charge >= 0.3 is 0 Å². The zero-order chi connectivity index (χ0) is 47.8. The molecule has 1 aliphatic carbocycles. The third-order valence-corrected chi connectivity index (χ3v) is 11.1. The second-order valence-electron chi connectivity index (χ2n) is 14.0. The first-order valence-corrected chi connectivity index (χ1v) is 24.7. The van der Waals surface area contributed by atoms with Gasteiger partial charge in [0, 0.05) is 65.5 Å². The maximum atomic E-state index is 12.1. The van der Waals surface area contributed by atoms with Crippen LogP contribution in [-0.2, 0) is 30.1 Å². The Morgan fingerprint density at radius 1 is 0.692 bits per heavy atom. The maximum absolute atomic E-state index is 12.1. The highest BCUT2D eigenvalue weighted by Gasteiger charge is 2.25. The van der Waals surface area contributed by atoms with Gasteiger partial charge in [-0.1, -0.05) is 54.6 Å². The van der Waals surface area contributed by atoms with Gasteiger partial charge in [-0.25, -0.2) is 45.8 Å². The lowest BCUT2D eigenvalue weighted by atomic mass is 9.90. The van der Waals surface area contributed by atoms with Crippen molar-refractivity contribution >= 4 is 58.3 Å². The van der Waals surface area contributed by atoms with Crippen LogP contribution < -0.4 is 19.1 Å². The summed E-state index contributed by atoms with van der Waals surface area (Å²) in [6.45, 7) is 0.173. The second-order valence-corrected chi connectivity index (χ2v) is 19.3. The first kappa shape index (κ1) is 49.5. The van der Waals surface area contributed by atoms with E-state index in [1.54, 1.807) is 24.3 Å². The van der Waals surface area contributed by atoms with Crippen LogP contribution in [0.1, 0.15) is 24.0 Å². The van der Waals surface area contributed by atoms with Crippen molar-refractivity contribution in [2.45, 2.75) is 12.8 Å². The van der Waals surface area contributed by atoms with Crippen molar-refractivity contribution in [3.63, 3.8) is 0 Å². The predicted octanol–water partition coefficient (Wildman–Crippen LogP) is 6.42. The van der Waals surface area contributed by atoms with E-state index in [1.165, 1.54) is 60.7 Å². The molecule has 0 fully saturated rings. The average Bonchev–Trinajstić information content (AvgIpc) is 3.65. The van der Waals surface area contributed by atoms with Gasteiger partial charge < -0.3 is 4.90 Å². The fraction of sp³-hybridized carbons (Fsp3) is 0.152. The van der Waals surface area contributed by atoms with Crippen molar-refractivity contribution < 1.29 is 25.3 Å². The van der Waals surface area contributed by atoms with Crippen LogP contribution in [0.2, 0.25) is 0 Å². The molecule has 0 saturated carbocycles. The lowest BCUT2D eigenvalue weighted by Crippen LogP contribution is -2.34. The molecule has 0 saturated heterocycles. The van der Waals surface area contributed by atoms with Crippen molar-refractivity contribution in [3.05, 3.63) is 166 Å². The van der Waals surface area contributed by atoms with Gasteiger partial charge in [-0.05, 0) is 77.6 Å². The van der Waals surface area contributed by atoms with Gasteiger partial charge in [0.25, 0.3) is 0 Å². The summed E-state index contributed by atoms with van der Waals surface area (Å²) in [4.78, 5) is 1.91. The normalized spacial score (nSPS) is 14.0. The molecule has 0 radical (unpaired) electrons. The van der Waals surface area contributed by atoms with Gasteiger partial charge in [-0.15, -0.1) is 29.3 Å². The monoisotopic (exact) mass is 923 g/mol. The Labute approximate surface area is 379 Å². The number of nitrogens with zero attached hydrogens (tertiary/aromatic N) is 7. The molecule has 4 rings (SSSR count). The van der Waals surface area contributed by atoms with E-state index in [2.05, 4.69) is 26.3 Å². The Balaban J connectivity index is 1.90. The molecule has 0 unspecified atom stereocenters. The number of anilines is 3. The van der Waals surface area contributed by atoms with Crippen LogP contribution in [0.3, 0.4) is 0 Å². The van der Waals surface area contributed by atoms with Crippen molar-refractivity contribution in [1.82, 2.24) is 4.72 Å². The van der Waals surface area contributed by atoms with E-state index >= 15 is 0 Å². The fourth-order valence-electron chi connectivity index (χ4n) is 6.56. The quantitative estimate of drug-likeness (QED) is 0.0706. The number of sulfonamides is 3. The highest BCUT2D eigenvalue weighted by atomic mass is 32.2. The van der Waals surface area contributed by atoms with E-state index in [4.69, 9.17) is 0 Å². The molecule has 65 heavy (non-hydrogen) atoms. The molecule has 19 heteroatoms. The van der Waals surface area contributed by atoms with E-state index < -0.39 is 30.1 Å².